The third kappa shape index (κ3) is 2.53. The van der Waals surface area contributed by atoms with Gasteiger partial charge in [-0.05, 0) is 18.6 Å². The molecule has 1 atom stereocenters. The minimum atomic E-state index is -1.35. The molecule has 1 aliphatic heterocycles. The van der Waals surface area contributed by atoms with Gasteiger partial charge in [0.05, 0.1) is 10.8 Å². The second-order valence-electron chi connectivity index (χ2n) is 4.60. The van der Waals surface area contributed by atoms with Gasteiger partial charge < -0.3 is 15.7 Å². The average molecular weight is 279 g/mol. The van der Waals surface area contributed by atoms with E-state index in [4.69, 9.17) is 10.8 Å². The number of nitro groups is 1. The number of aromatic carboxylic acids is 1. The molecule has 1 saturated heterocycles. The smallest absolute Gasteiger partial charge is 0.342 e. The molecular weight excluding hydrogens is 266 g/mol. The van der Waals surface area contributed by atoms with Crippen molar-refractivity contribution in [3.63, 3.8) is 0 Å². The molecule has 0 radical (unpaired) electrons. The van der Waals surface area contributed by atoms with Gasteiger partial charge in [0.1, 0.15) is 5.56 Å². The molecule has 20 heavy (non-hydrogen) atoms. The summed E-state index contributed by atoms with van der Waals surface area (Å²) in [5.41, 5.74) is 4.93. The summed E-state index contributed by atoms with van der Waals surface area (Å²) in [6.07, 6.45) is 0.587. The van der Waals surface area contributed by atoms with Crippen LogP contribution in [0.25, 0.3) is 0 Å². The molecule has 0 spiro atoms. The van der Waals surface area contributed by atoms with Crippen LogP contribution in [0.15, 0.2) is 18.2 Å². The zero-order chi connectivity index (χ0) is 14.9. The first-order chi connectivity index (χ1) is 9.40. The first kappa shape index (κ1) is 13.8. The summed E-state index contributed by atoms with van der Waals surface area (Å²) in [4.78, 5) is 34.0. The minimum absolute atomic E-state index is 0.284. The van der Waals surface area contributed by atoms with E-state index in [0.29, 0.717) is 25.2 Å². The molecule has 0 aromatic heterocycles. The predicted molar refractivity (Wildman–Crippen MR) is 69.6 cm³/mol. The van der Waals surface area contributed by atoms with Gasteiger partial charge in [0, 0.05) is 24.8 Å². The Balaban J connectivity index is 2.31. The van der Waals surface area contributed by atoms with Crippen LogP contribution in [-0.4, -0.2) is 35.0 Å². The number of rotatable bonds is 4. The highest BCUT2D eigenvalue weighted by molar-refractivity contribution is 5.93. The average Bonchev–Trinajstić information content (AvgIpc) is 2.87. The maximum atomic E-state index is 11.1. The number of hydrogen-bond acceptors (Lipinski definition) is 5. The van der Waals surface area contributed by atoms with E-state index in [-0.39, 0.29) is 11.5 Å². The standard InChI is InChI=1S/C12H13N3O5/c13-11(16)7-3-4-14(6-7)8-1-2-9(12(17)18)10(5-8)15(19)20/h1-2,5,7H,3-4,6H2,(H2,13,16)(H,17,18). The van der Waals surface area contributed by atoms with Gasteiger partial charge in [-0.15, -0.1) is 0 Å². The van der Waals surface area contributed by atoms with Crippen LogP contribution in [0.1, 0.15) is 16.8 Å². The highest BCUT2D eigenvalue weighted by atomic mass is 16.6. The maximum Gasteiger partial charge on any atom is 0.342 e. The second-order valence-corrected chi connectivity index (χ2v) is 4.60. The van der Waals surface area contributed by atoms with Crippen molar-refractivity contribution in [1.82, 2.24) is 0 Å². The van der Waals surface area contributed by atoms with Gasteiger partial charge in [-0.25, -0.2) is 4.79 Å². The summed E-state index contributed by atoms with van der Waals surface area (Å²) < 4.78 is 0. The number of nitrogens with zero attached hydrogens (tertiary/aromatic N) is 2. The summed E-state index contributed by atoms with van der Waals surface area (Å²) in [6.45, 7) is 0.941. The molecule has 0 aliphatic carbocycles. The lowest BCUT2D eigenvalue weighted by molar-refractivity contribution is -0.385. The van der Waals surface area contributed by atoms with Crippen LogP contribution in [0.2, 0.25) is 0 Å². The number of anilines is 1. The molecule has 8 nitrogen and oxygen atoms in total. The molecule has 1 aromatic carbocycles. The number of hydrogen-bond donors (Lipinski definition) is 2. The van der Waals surface area contributed by atoms with Crippen LogP contribution < -0.4 is 10.6 Å². The fourth-order valence-electron chi connectivity index (χ4n) is 2.28. The Bertz CT molecular complexity index is 586. The second kappa shape index (κ2) is 5.16. The molecule has 1 aliphatic rings. The normalized spacial score (nSPS) is 18.0. The SMILES string of the molecule is NC(=O)C1CCN(c2ccc(C(=O)O)c([N+](=O)[O-])c2)C1. The summed E-state index contributed by atoms with van der Waals surface area (Å²) in [5.74, 6) is -2.03. The van der Waals surface area contributed by atoms with Crippen molar-refractivity contribution >= 4 is 23.3 Å². The third-order valence-electron chi connectivity index (χ3n) is 3.36. The van der Waals surface area contributed by atoms with E-state index in [0.717, 1.165) is 0 Å². The number of carboxylic acids is 1. The number of carbonyl (C=O) groups excluding carboxylic acids is 1. The summed E-state index contributed by atoms with van der Waals surface area (Å²) in [5, 5.41) is 19.8. The van der Waals surface area contributed by atoms with Crippen LogP contribution in [0.4, 0.5) is 11.4 Å². The van der Waals surface area contributed by atoms with Crippen molar-refractivity contribution in [3.05, 3.63) is 33.9 Å². The van der Waals surface area contributed by atoms with Gasteiger partial charge >= 0.3 is 5.97 Å². The number of nitrogens with two attached hydrogens (primary N) is 1. The van der Waals surface area contributed by atoms with Crippen LogP contribution >= 0.6 is 0 Å². The van der Waals surface area contributed by atoms with Crippen molar-refractivity contribution in [2.45, 2.75) is 6.42 Å². The first-order valence-corrected chi connectivity index (χ1v) is 5.96. The van der Waals surface area contributed by atoms with Crippen molar-refractivity contribution < 1.29 is 19.6 Å². The van der Waals surface area contributed by atoms with Crippen molar-refractivity contribution in [3.8, 4) is 0 Å². The zero-order valence-corrected chi connectivity index (χ0v) is 10.5. The van der Waals surface area contributed by atoms with Gasteiger partial charge in [-0.1, -0.05) is 0 Å². The van der Waals surface area contributed by atoms with E-state index < -0.39 is 22.5 Å². The van der Waals surface area contributed by atoms with Crippen molar-refractivity contribution in [2.75, 3.05) is 18.0 Å². The molecule has 8 heteroatoms. The Hall–Kier alpha value is -2.64. The Morgan fingerprint density at radius 2 is 2.15 bits per heavy atom. The minimum Gasteiger partial charge on any atom is -0.477 e. The Morgan fingerprint density at radius 3 is 2.65 bits per heavy atom. The lowest BCUT2D eigenvalue weighted by atomic mass is 10.1. The van der Waals surface area contributed by atoms with E-state index in [1.165, 1.54) is 18.2 Å². The first-order valence-electron chi connectivity index (χ1n) is 5.96. The topological polar surface area (TPSA) is 127 Å². The van der Waals surface area contributed by atoms with Gasteiger partial charge in [-0.2, -0.15) is 0 Å². The lowest BCUT2D eigenvalue weighted by Crippen LogP contribution is -2.27. The molecule has 2 rings (SSSR count). The number of carboxylic acid groups (broad SMARTS) is 1. The molecule has 1 aromatic rings. The highest BCUT2D eigenvalue weighted by Gasteiger charge is 2.28. The van der Waals surface area contributed by atoms with E-state index in [9.17, 15) is 19.7 Å². The molecule has 0 bridgehead atoms. The fourth-order valence-corrected chi connectivity index (χ4v) is 2.28. The van der Waals surface area contributed by atoms with Crippen LogP contribution in [0.3, 0.4) is 0 Å². The van der Waals surface area contributed by atoms with Gasteiger partial charge in [0.15, 0.2) is 0 Å². The lowest BCUT2D eigenvalue weighted by Gasteiger charge is -2.18. The molecule has 0 saturated carbocycles. The van der Waals surface area contributed by atoms with E-state index in [1.807, 2.05) is 0 Å². The summed E-state index contributed by atoms with van der Waals surface area (Å²) in [6, 6.07) is 3.92. The number of benzene rings is 1. The van der Waals surface area contributed by atoms with Gasteiger partial charge in [0.25, 0.3) is 5.69 Å². The quantitative estimate of drug-likeness (QED) is 0.614. The van der Waals surface area contributed by atoms with E-state index >= 15 is 0 Å². The Morgan fingerprint density at radius 1 is 1.45 bits per heavy atom. The molecule has 3 N–H and O–H groups in total. The Kier molecular flexibility index (Phi) is 3.55. The van der Waals surface area contributed by atoms with Crippen LogP contribution in [-0.2, 0) is 4.79 Å². The van der Waals surface area contributed by atoms with E-state index in [1.54, 1.807) is 4.90 Å². The van der Waals surface area contributed by atoms with Gasteiger partial charge in [-0.3, -0.25) is 14.9 Å². The number of nitro benzene ring substituents is 1. The summed E-state index contributed by atoms with van der Waals surface area (Å²) >= 11 is 0. The molecule has 1 fully saturated rings. The third-order valence-corrected chi connectivity index (χ3v) is 3.36. The molecule has 106 valence electrons. The Labute approximate surface area is 113 Å². The molecule has 1 heterocycles. The molecular formula is C12H13N3O5. The van der Waals surface area contributed by atoms with Crippen LogP contribution in [0.5, 0.6) is 0 Å². The summed E-state index contributed by atoms with van der Waals surface area (Å²) in [7, 11) is 0. The zero-order valence-electron chi connectivity index (χ0n) is 10.5. The largest absolute Gasteiger partial charge is 0.477 e. The van der Waals surface area contributed by atoms with Gasteiger partial charge in [0.2, 0.25) is 5.91 Å². The number of amides is 1. The monoisotopic (exact) mass is 279 g/mol. The van der Waals surface area contributed by atoms with E-state index in [2.05, 4.69) is 0 Å². The molecule has 1 amide bonds. The highest BCUT2D eigenvalue weighted by Crippen LogP contribution is 2.29. The fraction of sp³-hybridized carbons (Fsp3) is 0.333. The predicted octanol–water partition coefficient (Wildman–Crippen LogP) is 0.605. The number of primary amides is 1. The van der Waals surface area contributed by atoms with Crippen molar-refractivity contribution in [1.29, 1.82) is 0 Å². The van der Waals surface area contributed by atoms with Crippen molar-refractivity contribution in [2.24, 2.45) is 11.7 Å². The van der Waals surface area contributed by atoms with Crippen LogP contribution in [0, 0.1) is 16.0 Å². The maximum absolute atomic E-state index is 11.1. The number of carbonyl (C=O) groups is 2. The molecule has 1 unspecified atom stereocenters.